The first-order valence-electron chi connectivity index (χ1n) is 6.96. The van der Waals surface area contributed by atoms with Crippen LogP contribution in [-0.4, -0.2) is 15.9 Å². The molecule has 0 fully saturated rings. The van der Waals surface area contributed by atoms with Gasteiger partial charge in [0.2, 0.25) is 5.91 Å². The molecule has 0 atom stereocenters. The highest BCUT2D eigenvalue weighted by atomic mass is 16.1. The van der Waals surface area contributed by atoms with E-state index < -0.39 is 0 Å². The molecule has 0 radical (unpaired) electrons. The quantitative estimate of drug-likeness (QED) is 0.771. The van der Waals surface area contributed by atoms with E-state index in [1.165, 1.54) is 0 Å². The molecule has 0 aliphatic rings. The van der Waals surface area contributed by atoms with Crippen LogP contribution >= 0.6 is 0 Å². The normalized spacial score (nSPS) is 10.7. The fourth-order valence-corrected chi connectivity index (χ4v) is 2.34. The van der Waals surface area contributed by atoms with Crippen molar-refractivity contribution in [2.75, 3.05) is 0 Å². The number of carbonyl (C=O) groups excluding carboxylic acids is 1. The number of rotatable bonds is 4. The van der Waals surface area contributed by atoms with E-state index in [2.05, 4.69) is 15.3 Å². The molecule has 106 valence electrons. The molecule has 3 aromatic rings. The SMILES string of the molecule is Cc1nc2ccc(CC(=O)NCc3ccccc3)cc2[nH]1. The number of H-pyrrole nitrogens is 1. The second-order valence-corrected chi connectivity index (χ2v) is 5.11. The Bertz CT molecular complexity index is 762. The first-order valence-corrected chi connectivity index (χ1v) is 6.96. The van der Waals surface area contributed by atoms with Crippen molar-refractivity contribution in [1.82, 2.24) is 15.3 Å². The summed E-state index contributed by atoms with van der Waals surface area (Å²) >= 11 is 0. The lowest BCUT2D eigenvalue weighted by Crippen LogP contribution is -2.24. The van der Waals surface area contributed by atoms with E-state index >= 15 is 0 Å². The molecule has 1 heterocycles. The summed E-state index contributed by atoms with van der Waals surface area (Å²) < 4.78 is 0. The topological polar surface area (TPSA) is 57.8 Å². The van der Waals surface area contributed by atoms with Gasteiger partial charge in [-0.2, -0.15) is 0 Å². The zero-order valence-corrected chi connectivity index (χ0v) is 11.9. The Labute approximate surface area is 123 Å². The summed E-state index contributed by atoms with van der Waals surface area (Å²) in [6.07, 6.45) is 0.376. The molecule has 0 saturated heterocycles. The summed E-state index contributed by atoms with van der Waals surface area (Å²) in [5.41, 5.74) is 3.99. The van der Waals surface area contributed by atoms with Gasteiger partial charge in [-0.05, 0) is 30.2 Å². The van der Waals surface area contributed by atoms with Gasteiger partial charge in [0.15, 0.2) is 0 Å². The largest absolute Gasteiger partial charge is 0.352 e. The number of aromatic amines is 1. The van der Waals surface area contributed by atoms with Gasteiger partial charge in [-0.3, -0.25) is 4.79 Å². The smallest absolute Gasteiger partial charge is 0.224 e. The number of imidazole rings is 1. The first kappa shape index (κ1) is 13.4. The lowest BCUT2D eigenvalue weighted by atomic mass is 10.1. The van der Waals surface area contributed by atoms with Gasteiger partial charge >= 0.3 is 0 Å². The number of nitrogens with zero attached hydrogens (tertiary/aromatic N) is 1. The molecule has 0 spiro atoms. The second kappa shape index (κ2) is 5.79. The van der Waals surface area contributed by atoms with Gasteiger partial charge < -0.3 is 10.3 Å². The van der Waals surface area contributed by atoms with Crippen LogP contribution in [0.5, 0.6) is 0 Å². The van der Waals surface area contributed by atoms with Gasteiger partial charge in [-0.15, -0.1) is 0 Å². The highest BCUT2D eigenvalue weighted by molar-refractivity contribution is 5.81. The van der Waals surface area contributed by atoms with Gasteiger partial charge in [0.25, 0.3) is 0 Å². The van der Waals surface area contributed by atoms with Crippen molar-refractivity contribution < 1.29 is 4.79 Å². The molecule has 3 rings (SSSR count). The molecule has 0 unspecified atom stereocenters. The average molecular weight is 279 g/mol. The van der Waals surface area contributed by atoms with Crippen LogP contribution in [0.1, 0.15) is 17.0 Å². The van der Waals surface area contributed by atoms with E-state index in [1.54, 1.807) is 0 Å². The van der Waals surface area contributed by atoms with E-state index in [0.717, 1.165) is 28.0 Å². The molecule has 0 aliphatic carbocycles. The van der Waals surface area contributed by atoms with Crippen molar-refractivity contribution in [3.05, 3.63) is 65.5 Å². The zero-order chi connectivity index (χ0) is 14.7. The van der Waals surface area contributed by atoms with Gasteiger partial charge in [0.05, 0.1) is 17.5 Å². The van der Waals surface area contributed by atoms with Crippen LogP contribution < -0.4 is 5.32 Å². The number of carbonyl (C=O) groups is 1. The molecule has 0 saturated carbocycles. The van der Waals surface area contributed by atoms with Crippen molar-refractivity contribution in [2.24, 2.45) is 0 Å². The number of fused-ring (bicyclic) bond motifs is 1. The van der Waals surface area contributed by atoms with Crippen LogP contribution in [0.25, 0.3) is 11.0 Å². The third-order valence-electron chi connectivity index (χ3n) is 3.36. The Morgan fingerprint density at radius 3 is 2.76 bits per heavy atom. The summed E-state index contributed by atoms with van der Waals surface area (Å²) in [5, 5.41) is 2.94. The van der Waals surface area contributed by atoms with Gasteiger partial charge in [0, 0.05) is 6.54 Å². The summed E-state index contributed by atoms with van der Waals surface area (Å²) in [4.78, 5) is 19.5. The Hall–Kier alpha value is -2.62. The highest BCUT2D eigenvalue weighted by Gasteiger charge is 2.06. The molecule has 0 bridgehead atoms. The molecular weight excluding hydrogens is 262 g/mol. The maximum Gasteiger partial charge on any atom is 0.224 e. The number of hydrogen-bond acceptors (Lipinski definition) is 2. The average Bonchev–Trinajstić information content (AvgIpc) is 2.85. The van der Waals surface area contributed by atoms with E-state index in [1.807, 2.05) is 55.5 Å². The maximum atomic E-state index is 12.0. The van der Waals surface area contributed by atoms with Crippen LogP contribution in [-0.2, 0) is 17.8 Å². The number of aromatic nitrogens is 2. The number of hydrogen-bond donors (Lipinski definition) is 2. The summed E-state index contributed by atoms with van der Waals surface area (Å²) in [6.45, 7) is 2.48. The molecule has 4 heteroatoms. The molecule has 2 aromatic carbocycles. The van der Waals surface area contributed by atoms with Crippen LogP contribution in [0.3, 0.4) is 0 Å². The lowest BCUT2D eigenvalue weighted by Gasteiger charge is -2.05. The predicted molar refractivity (Wildman–Crippen MR) is 82.8 cm³/mol. The molecule has 2 N–H and O–H groups in total. The number of amides is 1. The van der Waals surface area contributed by atoms with Gasteiger partial charge in [0.1, 0.15) is 5.82 Å². The third kappa shape index (κ3) is 3.28. The molecule has 21 heavy (non-hydrogen) atoms. The highest BCUT2D eigenvalue weighted by Crippen LogP contribution is 2.14. The van der Waals surface area contributed by atoms with Crippen molar-refractivity contribution in [2.45, 2.75) is 19.9 Å². The van der Waals surface area contributed by atoms with E-state index in [4.69, 9.17) is 0 Å². The zero-order valence-electron chi connectivity index (χ0n) is 11.9. The van der Waals surface area contributed by atoms with Crippen LogP contribution in [0.4, 0.5) is 0 Å². The minimum absolute atomic E-state index is 0.0226. The summed E-state index contributed by atoms with van der Waals surface area (Å²) in [5.74, 6) is 0.908. The Kier molecular flexibility index (Phi) is 3.69. The Morgan fingerprint density at radius 1 is 1.14 bits per heavy atom. The van der Waals surface area contributed by atoms with Crippen LogP contribution in [0.15, 0.2) is 48.5 Å². The standard InChI is InChI=1S/C17H17N3O/c1-12-19-15-8-7-14(9-16(15)20-12)10-17(21)18-11-13-5-3-2-4-6-13/h2-9H,10-11H2,1H3,(H,18,21)(H,19,20). The van der Waals surface area contributed by atoms with E-state index in [9.17, 15) is 4.79 Å². The minimum Gasteiger partial charge on any atom is -0.352 e. The molecule has 1 aromatic heterocycles. The van der Waals surface area contributed by atoms with Crippen molar-refractivity contribution in [3.63, 3.8) is 0 Å². The number of aryl methyl sites for hydroxylation is 1. The third-order valence-corrected chi connectivity index (χ3v) is 3.36. The fraction of sp³-hybridized carbons (Fsp3) is 0.176. The van der Waals surface area contributed by atoms with Crippen molar-refractivity contribution >= 4 is 16.9 Å². The molecule has 4 nitrogen and oxygen atoms in total. The van der Waals surface area contributed by atoms with E-state index in [-0.39, 0.29) is 5.91 Å². The van der Waals surface area contributed by atoms with Crippen molar-refractivity contribution in [3.8, 4) is 0 Å². The second-order valence-electron chi connectivity index (χ2n) is 5.11. The van der Waals surface area contributed by atoms with Crippen LogP contribution in [0.2, 0.25) is 0 Å². The number of nitrogens with one attached hydrogen (secondary N) is 2. The van der Waals surface area contributed by atoms with Crippen LogP contribution in [0, 0.1) is 6.92 Å². The van der Waals surface area contributed by atoms with Crippen molar-refractivity contribution in [1.29, 1.82) is 0 Å². The monoisotopic (exact) mass is 279 g/mol. The summed E-state index contributed by atoms with van der Waals surface area (Å²) in [6, 6.07) is 15.8. The Balaban J connectivity index is 1.63. The summed E-state index contributed by atoms with van der Waals surface area (Å²) in [7, 11) is 0. The molecule has 0 aliphatic heterocycles. The lowest BCUT2D eigenvalue weighted by molar-refractivity contribution is -0.120. The predicted octanol–water partition coefficient (Wildman–Crippen LogP) is 2.73. The molecule has 1 amide bonds. The minimum atomic E-state index is 0.0226. The van der Waals surface area contributed by atoms with Gasteiger partial charge in [-0.1, -0.05) is 36.4 Å². The number of benzene rings is 2. The fourth-order valence-electron chi connectivity index (χ4n) is 2.34. The van der Waals surface area contributed by atoms with Gasteiger partial charge in [-0.25, -0.2) is 4.98 Å². The Morgan fingerprint density at radius 2 is 1.95 bits per heavy atom. The first-order chi connectivity index (χ1) is 10.2. The van der Waals surface area contributed by atoms with E-state index in [0.29, 0.717) is 13.0 Å². The molecular formula is C17H17N3O. The maximum absolute atomic E-state index is 12.0.